The van der Waals surface area contributed by atoms with Crippen molar-refractivity contribution in [3.8, 4) is 0 Å². The number of benzene rings is 1. The summed E-state index contributed by atoms with van der Waals surface area (Å²) in [5, 5.41) is 6.40. The molecule has 1 aromatic carbocycles. The Morgan fingerprint density at radius 1 is 1.21 bits per heavy atom. The number of nitrogens with one attached hydrogen (secondary N) is 2. The Hall–Kier alpha value is -2.52. The van der Waals surface area contributed by atoms with Gasteiger partial charge < -0.3 is 20.3 Å². The largest absolute Gasteiger partial charge is 0.465 e. The van der Waals surface area contributed by atoms with Crippen molar-refractivity contribution in [1.82, 2.24) is 4.90 Å². The van der Waals surface area contributed by atoms with Crippen LogP contribution in [-0.4, -0.2) is 42.1 Å². The van der Waals surface area contributed by atoms with Crippen molar-refractivity contribution in [2.45, 2.75) is 27.7 Å². The van der Waals surface area contributed by atoms with Gasteiger partial charge in [-0.05, 0) is 63.2 Å². The topological polar surface area (TPSA) is 70.7 Å². The number of rotatable bonds is 6. The van der Waals surface area contributed by atoms with Gasteiger partial charge in [-0.2, -0.15) is 0 Å². The van der Waals surface area contributed by atoms with Crippen LogP contribution in [0.25, 0.3) is 0 Å². The van der Waals surface area contributed by atoms with Gasteiger partial charge >= 0.3 is 5.97 Å². The van der Waals surface area contributed by atoms with Gasteiger partial charge in [0.15, 0.2) is 5.11 Å². The van der Waals surface area contributed by atoms with E-state index in [1.54, 1.807) is 30.9 Å². The van der Waals surface area contributed by atoms with Crippen LogP contribution in [0, 0.1) is 19.7 Å². The molecule has 1 amide bonds. The van der Waals surface area contributed by atoms with E-state index in [-0.39, 0.29) is 22.4 Å². The lowest BCUT2D eigenvalue weighted by Crippen LogP contribution is -2.30. The van der Waals surface area contributed by atoms with E-state index in [4.69, 9.17) is 17.0 Å². The Kier molecular flexibility index (Phi) is 7.69. The number of hydrogen-bond acceptors (Lipinski definition) is 5. The number of aryl methyl sites for hydroxylation is 1. The number of halogens is 1. The zero-order valence-corrected chi connectivity index (χ0v) is 18.6. The number of carbonyl (C=O) groups is 2. The minimum atomic E-state index is -0.566. The third-order valence-corrected chi connectivity index (χ3v) is 5.84. The maximum absolute atomic E-state index is 13.8. The van der Waals surface area contributed by atoms with Crippen molar-refractivity contribution in [3.05, 3.63) is 45.6 Å². The summed E-state index contributed by atoms with van der Waals surface area (Å²) in [6.07, 6.45) is 0. The number of amides is 1. The summed E-state index contributed by atoms with van der Waals surface area (Å²) in [7, 11) is 1.28. The van der Waals surface area contributed by atoms with Crippen LogP contribution < -0.4 is 10.6 Å². The van der Waals surface area contributed by atoms with E-state index < -0.39 is 5.97 Å². The molecule has 0 spiro atoms. The first-order valence-electron chi connectivity index (χ1n) is 9.08. The number of ether oxygens (including phenoxy) is 1. The van der Waals surface area contributed by atoms with Crippen LogP contribution in [0.15, 0.2) is 18.2 Å². The van der Waals surface area contributed by atoms with Crippen molar-refractivity contribution in [2.24, 2.45) is 0 Å². The summed E-state index contributed by atoms with van der Waals surface area (Å²) in [5.41, 5.74) is 1.78. The molecule has 0 radical (unpaired) electrons. The SMILES string of the molecule is CCN(CC)C(=O)c1sc(NC(=S)Nc2ccc(C)c(F)c2)c(C(=O)OC)c1C. The fourth-order valence-corrected chi connectivity index (χ4v) is 4.20. The van der Waals surface area contributed by atoms with Crippen LogP contribution >= 0.6 is 23.6 Å². The Labute approximate surface area is 179 Å². The summed E-state index contributed by atoms with van der Waals surface area (Å²) < 4.78 is 18.6. The van der Waals surface area contributed by atoms with E-state index in [2.05, 4.69) is 10.6 Å². The second-order valence-electron chi connectivity index (χ2n) is 6.27. The van der Waals surface area contributed by atoms with Crippen LogP contribution in [0.3, 0.4) is 0 Å². The van der Waals surface area contributed by atoms with E-state index in [9.17, 15) is 14.0 Å². The van der Waals surface area contributed by atoms with Gasteiger partial charge in [-0.15, -0.1) is 11.3 Å². The first kappa shape index (κ1) is 22.8. The zero-order chi connectivity index (χ0) is 21.7. The number of thiocarbonyl (C=S) groups is 1. The molecular weight excluding hydrogens is 413 g/mol. The molecule has 29 heavy (non-hydrogen) atoms. The highest BCUT2D eigenvalue weighted by atomic mass is 32.1. The van der Waals surface area contributed by atoms with Crippen LogP contribution in [-0.2, 0) is 4.74 Å². The lowest BCUT2D eigenvalue weighted by molar-refractivity contribution is 0.0601. The molecule has 0 bridgehead atoms. The monoisotopic (exact) mass is 437 g/mol. The standard InChI is InChI=1S/C20H24FN3O3S2/c1-6-24(7-2)18(25)16-12(4)15(19(26)27-5)17(29-16)23-20(28)22-13-9-8-11(3)14(21)10-13/h8-10H,6-7H2,1-5H3,(H2,22,23,28). The zero-order valence-electron chi connectivity index (χ0n) is 17.0. The van der Waals surface area contributed by atoms with Gasteiger partial charge in [0.25, 0.3) is 5.91 Å². The lowest BCUT2D eigenvalue weighted by atomic mass is 10.1. The number of nitrogens with zero attached hydrogens (tertiary/aromatic N) is 1. The van der Waals surface area contributed by atoms with Gasteiger partial charge in [0, 0.05) is 18.8 Å². The summed E-state index contributed by atoms with van der Waals surface area (Å²) in [6, 6.07) is 4.67. The summed E-state index contributed by atoms with van der Waals surface area (Å²) in [6.45, 7) is 8.27. The molecule has 0 aliphatic heterocycles. The highest BCUT2D eigenvalue weighted by Gasteiger charge is 2.27. The first-order chi connectivity index (χ1) is 13.7. The van der Waals surface area contributed by atoms with Crippen molar-refractivity contribution in [2.75, 3.05) is 30.8 Å². The van der Waals surface area contributed by atoms with Crippen LogP contribution in [0.1, 0.15) is 45.0 Å². The second kappa shape index (κ2) is 9.80. The molecule has 0 fully saturated rings. The Balaban J connectivity index is 2.33. The molecular formula is C20H24FN3O3S2. The predicted molar refractivity (Wildman–Crippen MR) is 119 cm³/mol. The van der Waals surface area contributed by atoms with Gasteiger partial charge in [-0.25, -0.2) is 9.18 Å². The van der Waals surface area contributed by atoms with Gasteiger partial charge in [0.05, 0.1) is 17.6 Å². The molecule has 1 aromatic heterocycles. The van der Waals surface area contributed by atoms with Crippen molar-refractivity contribution < 1.29 is 18.7 Å². The molecule has 2 rings (SSSR count). The van der Waals surface area contributed by atoms with Gasteiger partial charge in [-0.1, -0.05) is 6.07 Å². The molecule has 2 aromatic rings. The molecule has 156 valence electrons. The smallest absolute Gasteiger partial charge is 0.341 e. The van der Waals surface area contributed by atoms with E-state index in [1.165, 1.54) is 13.2 Å². The van der Waals surface area contributed by atoms with E-state index in [1.807, 2.05) is 13.8 Å². The molecule has 0 atom stereocenters. The Bertz CT molecular complexity index is 939. The summed E-state index contributed by atoms with van der Waals surface area (Å²) >= 11 is 6.44. The van der Waals surface area contributed by atoms with Crippen molar-refractivity contribution in [3.63, 3.8) is 0 Å². The van der Waals surface area contributed by atoms with Crippen LogP contribution in [0.2, 0.25) is 0 Å². The van der Waals surface area contributed by atoms with E-state index in [0.29, 0.717) is 39.8 Å². The Morgan fingerprint density at radius 2 is 1.86 bits per heavy atom. The number of hydrogen-bond donors (Lipinski definition) is 2. The van der Waals surface area contributed by atoms with Gasteiger partial charge in [0.1, 0.15) is 10.8 Å². The van der Waals surface area contributed by atoms with E-state index in [0.717, 1.165) is 11.3 Å². The minimum absolute atomic E-state index is 0.157. The number of methoxy groups -OCH3 is 1. The van der Waals surface area contributed by atoms with E-state index >= 15 is 0 Å². The quantitative estimate of drug-likeness (QED) is 0.509. The first-order valence-corrected chi connectivity index (χ1v) is 10.3. The molecule has 2 N–H and O–H groups in total. The molecule has 0 unspecified atom stereocenters. The average molecular weight is 438 g/mol. The average Bonchev–Trinajstić information content (AvgIpc) is 3.00. The van der Waals surface area contributed by atoms with Crippen LogP contribution in [0.4, 0.5) is 15.1 Å². The number of anilines is 2. The van der Waals surface area contributed by atoms with Crippen molar-refractivity contribution >= 4 is 51.2 Å². The second-order valence-corrected chi connectivity index (χ2v) is 7.70. The normalized spacial score (nSPS) is 10.4. The molecule has 1 heterocycles. The van der Waals surface area contributed by atoms with Crippen LogP contribution in [0.5, 0.6) is 0 Å². The fourth-order valence-electron chi connectivity index (χ4n) is 2.74. The van der Waals surface area contributed by atoms with Gasteiger partial charge in [-0.3, -0.25) is 4.79 Å². The fraction of sp³-hybridized carbons (Fsp3) is 0.350. The molecule has 0 aliphatic rings. The molecule has 0 aliphatic carbocycles. The maximum atomic E-state index is 13.8. The summed E-state index contributed by atoms with van der Waals surface area (Å²) in [4.78, 5) is 27.3. The Morgan fingerprint density at radius 3 is 2.41 bits per heavy atom. The number of thiophene rings is 1. The van der Waals surface area contributed by atoms with Gasteiger partial charge in [0.2, 0.25) is 0 Å². The third-order valence-electron chi connectivity index (χ3n) is 4.44. The molecule has 9 heteroatoms. The van der Waals surface area contributed by atoms with Crippen molar-refractivity contribution in [1.29, 1.82) is 0 Å². The molecule has 0 saturated heterocycles. The third kappa shape index (κ3) is 5.10. The number of esters is 1. The highest BCUT2D eigenvalue weighted by molar-refractivity contribution is 7.80. The summed E-state index contributed by atoms with van der Waals surface area (Å²) in [5.74, 6) is -1.08. The predicted octanol–water partition coefficient (Wildman–Crippen LogP) is 4.58. The highest BCUT2D eigenvalue weighted by Crippen LogP contribution is 2.34. The lowest BCUT2D eigenvalue weighted by Gasteiger charge is -2.17. The maximum Gasteiger partial charge on any atom is 0.341 e. The minimum Gasteiger partial charge on any atom is -0.465 e. The number of carbonyl (C=O) groups excluding carboxylic acids is 2. The molecule has 0 saturated carbocycles. The molecule has 6 nitrogen and oxygen atoms in total.